The molecule has 0 spiro atoms. The van der Waals surface area contributed by atoms with Crippen LogP contribution in [0.3, 0.4) is 0 Å². The summed E-state index contributed by atoms with van der Waals surface area (Å²) in [6.45, 7) is 3.66. The maximum atomic E-state index is 5.39. The van der Waals surface area contributed by atoms with E-state index < -0.39 is 0 Å². The number of fused-ring (bicyclic) bond motifs is 1. The van der Waals surface area contributed by atoms with Gasteiger partial charge >= 0.3 is 0 Å². The van der Waals surface area contributed by atoms with Gasteiger partial charge in [0, 0.05) is 37.2 Å². The van der Waals surface area contributed by atoms with Crippen molar-refractivity contribution in [3.8, 4) is 0 Å². The molecule has 0 N–H and O–H groups in total. The van der Waals surface area contributed by atoms with Crippen LogP contribution in [0.15, 0.2) is 30.5 Å². The molecule has 1 fully saturated rings. The van der Waals surface area contributed by atoms with Crippen molar-refractivity contribution >= 4 is 16.6 Å². The van der Waals surface area contributed by atoms with Gasteiger partial charge in [0.1, 0.15) is 0 Å². The molecule has 1 aromatic carbocycles. The SMILES string of the molecule is Cn1cc(N2CCOCC2)c2ccccc21. The van der Waals surface area contributed by atoms with Crippen molar-refractivity contribution in [1.29, 1.82) is 0 Å². The van der Waals surface area contributed by atoms with Crippen molar-refractivity contribution in [2.24, 2.45) is 7.05 Å². The Morgan fingerprint density at radius 2 is 1.88 bits per heavy atom. The predicted octanol–water partition coefficient (Wildman–Crippen LogP) is 2.01. The average Bonchev–Trinajstić information content (AvgIpc) is 2.69. The highest BCUT2D eigenvalue weighted by Crippen LogP contribution is 2.28. The lowest BCUT2D eigenvalue weighted by Gasteiger charge is -2.28. The molecule has 0 saturated carbocycles. The second kappa shape index (κ2) is 3.83. The topological polar surface area (TPSA) is 17.4 Å². The molecule has 1 aromatic heterocycles. The van der Waals surface area contributed by atoms with E-state index in [2.05, 4.69) is 47.0 Å². The van der Waals surface area contributed by atoms with E-state index in [-0.39, 0.29) is 0 Å². The van der Waals surface area contributed by atoms with E-state index in [1.54, 1.807) is 0 Å². The molecule has 3 nitrogen and oxygen atoms in total. The number of hydrogen-bond acceptors (Lipinski definition) is 2. The standard InChI is InChI=1S/C13H16N2O/c1-14-10-13(15-6-8-16-9-7-15)11-4-2-3-5-12(11)14/h2-5,10H,6-9H2,1H3. The van der Waals surface area contributed by atoms with Crippen LogP contribution in [0.5, 0.6) is 0 Å². The third-order valence-electron chi connectivity index (χ3n) is 3.23. The fraction of sp³-hybridized carbons (Fsp3) is 0.385. The lowest BCUT2D eigenvalue weighted by molar-refractivity contribution is 0.123. The van der Waals surface area contributed by atoms with Crippen LogP contribution < -0.4 is 4.90 Å². The summed E-state index contributed by atoms with van der Waals surface area (Å²) in [5.41, 5.74) is 2.63. The Hall–Kier alpha value is -1.48. The number of nitrogens with zero attached hydrogens (tertiary/aromatic N) is 2. The molecule has 0 radical (unpaired) electrons. The van der Waals surface area contributed by atoms with Crippen LogP contribution >= 0.6 is 0 Å². The van der Waals surface area contributed by atoms with Crippen LogP contribution in [0.1, 0.15) is 0 Å². The van der Waals surface area contributed by atoms with E-state index in [4.69, 9.17) is 4.74 Å². The number of rotatable bonds is 1. The summed E-state index contributed by atoms with van der Waals surface area (Å²) >= 11 is 0. The van der Waals surface area contributed by atoms with Crippen LogP contribution in [0, 0.1) is 0 Å². The molecule has 1 aliphatic rings. The van der Waals surface area contributed by atoms with Gasteiger partial charge in [0.05, 0.1) is 18.9 Å². The van der Waals surface area contributed by atoms with Gasteiger partial charge in [-0.05, 0) is 6.07 Å². The fourth-order valence-corrected chi connectivity index (χ4v) is 2.38. The highest BCUT2D eigenvalue weighted by atomic mass is 16.5. The van der Waals surface area contributed by atoms with Crippen LogP contribution in [0.2, 0.25) is 0 Å². The first-order valence-corrected chi connectivity index (χ1v) is 5.73. The number of benzene rings is 1. The van der Waals surface area contributed by atoms with Gasteiger partial charge in [-0.2, -0.15) is 0 Å². The second-order valence-electron chi connectivity index (χ2n) is 4.24. The maximum Gasteiger partial charge on any atom is 0.0642 e. The Balaban J connectivity index is 2.08. The van der Waals surface area contributed by atoms with Gasteiger partial charge in [-0.15, -0.1) is 0 Å². The van der Waals surface area contributed by atoms with Gasteiger partial charge in [0.25, 0.3) is 0 Å². The zero-order valence-electron chi connectivity index (χ0n) is 9.52. The number of aryl methyl sites for hydroxylation is 1. The number of morpholine rings is 1. The first kappa shape index (κ1) is 9.73. The zero-order chi connectivity index (χ0) is 11.0. The maximum absolute atomic E-state index is 5.39. The van der Waals surface area contributed by atoms with E-state index in [1.807, 2.05) is 0 Å². The van der Waals surface area contributed by atoms with Gasteiger partial charge in [-0.1, -0.05) is 18.2 Å². The van der Waals surface area contributed by atoms with Gasteiger partial charge in [0.2, 0.25) is 0 Å². The molecule has 3 rings (SSSR count). The van der Waals surface area contributed by atoms with E-state index >= 15 is 0 Å². The minimum Gasteiger partial charge on any atom is -0.378 e. The van der Waals surface area contributed by atoms with Crippen molar-refractivity contribution in [3.05, 3.63) is 30.5 Å². The van der Waals surface area contributed by atoms with Crippen molar-refractivity contribution in [1.82, 2.24) is 4.57 Å². The zero-order valence-corrected chi connectivity index (χ0v) is 9.52. The van der Waals surface area contributed by atoms with Crippen LogP contribution in [0.25, 0.3) is 10.9 Å². The van der Waals surface area contributed by atoms with Gasteiger partial charge in [0.15, 0.2) is 0 Å². The van der Waals surface area contributed by atoms with Crippen molar-refractivity contribution in [2.75, 3.05) is 31.2 Å². The first-order valence-electron chi connectivity index (χ1n) is 5.73. The summed E-state index contributed by atoms with van der Waals surface area (Å²) in [6, 6.07) is 8.55. The predicted molar refractivity (Wildman–Crippen MR) is 66.0 cm³/mol. The van der Waals surface area contributed by atoms with Crippen LogP contribution in [0.4, 0.5) is 5.69 Å². The molecule has 3 heteroatoms. The first-order chi connectivity index (χ1) is 7.86. The van der Waals surface area contributed by atoms with E-state index in [9.17, 15) is 0 Å². The number of hydrogen-bond donors (Lipinski definition) is 0. The van der Waals surface area contributed by atoms with Crippen LogP contribution in [-0.2, 0) is 11.8 Å². The normalized spacial score (nSPS) is 16.9. The number of ether oxygens (including phenoxy) is 1. The fourth-order valence-electron chi connectivity index (χ4n) is 2.38. The molecule has 0 unspecified atom stereocenters. The summed E-state index contributed by atoms with van der Waals surface area (Å²) in [6.07, 6.45) is 2.22. The van der Waals surface area contributed by atoms with Crippen LogP contribution in [-0.4, -0.2) is 30.9 Å². The number of para-hydroxylation sites is 1. The molecule has 2 aromatic rings. The van der Waals surface area contributed by atoms with E-state index in [0.717, 1.165) is 26.3 Å². The average molecular weight is 216 g/mol. The summed E-state index contributed by atoms with van der Waals surface area (Å²) in [7, 11) is 2.10. The third kappa shape index (κ3) is 1.48. The minimum absolute atomic E-state index is 0.837. The summed E-state index contributed by atoms with van der Waals surface area (Å²) < 4.78 is 7.59. The number of anilines is 1. The molecule has 0 aliphatic carbocycles. The van der Waals surface area contributed by atoms with E-state index in [1.165, 1.54) is 16.6 Å². The molecule has 2 heterocycles. The Bertz CT molecular complexity index is 498. The largest absolute Gasteiger partial charge is 0.378 e. The Kier molecular flexibility index (Phi) is 2.33. The second-order valence-corrected chi connectivity index (χ2v) is 4.24. The quantitative estimate of drug-likeness (QED) is 0.725. The summed E-state index contributed by atoms with van der Waals surface area (Å²) in [5.74, 6) is 0. The highest BCUT2D eigenvalue weighted by molar-refractivity contribution is 5.93. The Morgan fingerprint density at radius 1 is 1.12 bits per heavy atom. The van der Waals surface area contributed by atoms with Crippen molar-refractivity contribution < 1.29 is 4.74 Å². The molecular weight excluding hydrogens is 200 g/mol. The lowest BCUT2D eigenvalue weighted by atomic mass is 10.2. The monoisotopic (exact) mass is 216 g/mol. The van der Waals surface area contributed by atoms with E-state index in [0.29, 0.717) is 0 Å². The summed E-state index contributed by atoms with van der Waals surface area (Å²) in [4.78, 5) is 2.41. The molecule has 84 valence electrons. The molecular formula is C13H16N2O. The van der Waals surface area contributed by atoms with Gasteiger partial charge in [-0.3, -0.25) is 0 Å². The van der Waals surface area contributed by atoms with Gasteiger partial charge < -0.3 is 14.2 Å². The minimum atomic E-state index is 0.837. The molecule has 16 heavy (non-hydrogen) atoms. The Labute approximate surface area is 95.2 Å². The van der Waals surface area contributed by atoms with Crippen molar-refractivity contribution in [2.45, 2.75) is 0 Å². The summed E-state index contributed by atoms with van der Waals surface area (Å²) in [5, 5.41) is 1.34. The third-order valence-corrected chi connectivity index (χ3v) is 3.23. The number of aromatic nitrogens is 1. The highest BCUT2D eigenvalue weighted by Gasteiger charge is 2.15. The van der Waals surface area contributed by atoms with Crippen molar-refractivity contribution in [3.63, 3.8) is 0 Å². The molecule has 1 saturated heterocycles. The molecule has 0 amide bonds. The smallest absolute Gasteiger partial charge is 0.0642 e. The lowest BCUT2D eigenvalue weighted by Crippen LogP contribution is -2.36. The molecule has 0 atom stereocenters. The Morgan fingerprint density at radius 3 is 2.69 bits per heavy atom. The molecule has 1 aliphatic heterocycles. The molecule has 0 bridgehead atoms. The van der Waals surface area contributed by atoms with Gasteiger partial charge in [-0.25, -0.2) is 0 Å².